The van der Waals surface area contributed by atoms with Crippen molar-refractivity contribution in [3.05, 3.63) is 81.5 Å². The van der Waals surface area contributed by atoms with Crippen LogP contribution in [0.2, 0.25) is 0 Å². The van der Waals surface area contributed by atoms with E-state index >= 15 is 0 Å². The van der Waals surface area contributed by atoms with Crippen molar-refractivity contribution in [1.29, 1.82) is 0 Å². The van der Waals surface area contributed by atoms with Crippen LogP contribution in [0.5, 0.6) is 0 Å². The number of hydrogen-bond donors (Lipinski definition) is 1. The highest BCUT2D eigenvalue weighted by molar-refractivity contribution is 7.92. The number of amides is 1. The maximum atomic E-state index is 13.4. The average molecular weight is 442 g/mol. The van der Waals surface area contributed by atoms with Gasteiger partial charge < -0.3 is 0 Å². The molecule has 30 heavy (non-hydrogen) atoms. The first-order valence-corrected chi connectivity index (χ1v) is 11.6. The number of sulfonamides is 1. The lowest BCUT2D eigenvalue weighted by molar-refractivity contribution is -0.119. The summed E-state index contributed by atoms with van der Waals surface area (Å²) >= 11 is 1.48. The van der Waals surface area contributed by atoms with E-state index in [1.54, 1.807) is 36.4 Å². The third kappa shape index (κ3) is 4.95. The van der Waals surface area contributed by atoms with Crippen molar-refractivity contribution >= 4 is 39.2 Å². The maximum Gasteiger partial charge on any atom is 0.264 e. The lowest BCUT2D eigenvalue weighted by Gasteiger charge is -2.26. The number of benzene rings is 2. The Kier molecular flexibility index (Phi) is 6.69. The molecule has 0 bridgehead atoms. The standard InChI is InChI=1S/C22H23N3O3S2/c1-16-9-11-20(12-10-16)30(27,28)25(21-8-4-6-17(2)18(21)3)15-22(26)24-23-14-19-7-5-13-29-19/h4-14H,15H2,1-3H3,(H,24,26)/b23-14-. The van der Waals surface area contributed by atoms with Crippen molar-refractivity contribution in [3.63, 3.8) is 0 Å². The van der Waals surface area contributed by atoms with Crippen LogP contribution >= 0.6 is 11.3 Å². The zero-order valence-electron chi connectivity index (χ0n) is 17.0. The topological polar surface area (TPSA) is 78.8 Å². The summed E-state index contributed by atoms with van der Waals surface area (Å²) in [5, 5.41) is 5.83. The van der Waals surface area contributed by atoms with E-state index in [4.69, 9.17) is 0 Å². The Bertz CT molecular complexity index is 1150. The third-order valence-electron chi connectivity index (χ3n) is 4.67. The number of nitrogens with zero attached hydrogens (tertiary/aromatic N) is 2. The van der Waals surface area contributed by atoms with Gasteiger partial charge in [-0.1, -0.05) is 35.9 Å². The van der Waals surface area contributed by atoms with Gasteiger partial charge in [0.05, 0.1) is 16.8 Å². The Balaban J connectivity index is 1.92. The smallest absolute Gasteiger partial charge is 0.264 e. The lowest BCUT2D eigenvalue weighted by atomic mass is 10.1. The van der Waals surface area contributed by atoms with Crippen molar-refractivity contribution in [2.45, 2.75) is 25.7 Å². The quantitative estimate of drug-likeness (QED) is 0.444. The molecule has 0 aliphatic carbocycles. The third-order valence-corrected chi connectivity index (χ3v) is 7.25. The predicted octanol–water partition coefficient (Wildman–Crippen LogP) is 4.02. The molecule has 1 amide bonds. The Morgan fingerprint density at radius 3 is 2.47 bits per heavy atom. The summed E-state index contributed by atoms with van der Waals surface area (Å²) in [6, 6.07) is 15.7. The number of rotatable bonds is 7. The second-order valence-corrected chi connectivity index (χ2v) is 9.69. The van der Waals surface area contributed by atoms with Crippen LogP contribution in [0.25, 0.3) is 0 Å². The van der Waals surface area contributed by atoms with Gasteiger partial charge in [0, 0.05) is 4.88 Å². The second-order valence-electron chi connectivity index (χ2n) is 6.85. The van der Waals surface area contributed by atoms with Gasteiger partial charge in [0.2, 0.25) is 0 Å². The molecule has 0 spiro atoms. The largest absolute Gasteiger partial charge is 0.271 e. The number of aryl methyl sites for hydroxylation is 2. The Labute approximate surface area is 180 Å². The first-order valence-electron chi connectivity index (χ1n) is 9.30. The highest BCUT2D eigenvalue weighted by Gasteiger charge is 2.28. The van der Waals surface area contributed by atoms with Crippen LogP contribution in [0.3, 0.4) is 0 Å². The Morgan fingerprint density at radius 1 is 1.07 bits per heavy atom. The maximum absolute atomic E-state index is 13.4. The van der Waals surface area contributed by atoms with E-state index < -0.39 is 15.9 Å². The second kappa shape index (κ2) is 9.23. The molecule has 1 N–H and O–H groups in total. The number of carbonyl (C=O) groups excluding carboxylic acids is 1. The molecule has 3 aromatic rings. The molecule has 1 heterocycles. The van der Waals surface area contributed by atoms with Crippen LogP contribution in [0.15, 0.2) is 70.0 Å². The van der Waals surface area contributed by atoms with Crippen LogP contribution in [0.1, 0.15) is 21.6 Å². The van der Waals surface area contributed by atoms with Gasteiger partial charge in [-0.3, -0.25) is 9.10 Å². The number of carbonyl (C=O) groups is 1. The van der Waals surface area contributed by atoms with E-state index in [1.807, 2.05) is 44.4 Å². The van der Waals surface area contributed by atoms with Crippen molar-refractivity contribution in [2.75, 3.05) is 10.8 Å². The summed E-state index contributed by atoms with van der Waals surface area (Å²) in [5.74, 6) is -0.528. The van der Waals surface area contributed by atoms with Crippen LogP contribution < -0.4 is 9.73 Å². The summed E-state index contributed by atoms with van der Waals surface area (Å²) in [4.78, 5) is 13.6. The average Bonchev–Trinajstić information content (AvgIpc) is 3.22. The molecule has 6 nitrogen and oxygen atoms in total. The fourth-order valence-electron chi connectivity index (χ4n) is 2.84. The summed E-state index contributed by atoms with van der Waals surface area (Å²) in [5.41, 5.74) is 5.57. The molecule has 3 rings (SSSR count). The zero-order valence-corrected chi connectivity index (χ0v) is 18.6. The molecular weight excluding hydrogens is 418 g/mol. The molecule has 0 saturated heterocycles. The van der Waals surface area contributed by atoms with Crippen LogP contribution in [-0.2, 0) is 14.8 Å². The lowest BCUT2D eigenvalue weighted by Crippen LogP contribution is -2.40. The van der Waals surface area contributed by atoms with Crippen LogP contribution in [0.4, 0.5) is 5.69 Å². The van der Waals surface area contributed by atoms with Crippen molar-refractivity contribution in [3.8, 4) is 0 Å². The minimum Gasteiger partial charge on any atom is -0.271 e. The van der Waals surface area contributed by atoms with Crippen LogP contribution in [0, 0.1) is 20.8 Å². The number of anilines is 1. The molecule has 0 unspecified atom stereocenters. The van der Waals surface area contributed by atoms with Gasteiger partial charge in [-0.05, 0) is 61.5 Å². The molecule has 0 fully saturated rings. The van der Waals surface area contributed by atoms with E-state index in [0.717, 1.165) is 25.9 Å². The van der Waals surface area contributed by atoms with E-state index in [0.29, 0.717) is 5.69 Å². The Morgan fingerprint density at radius 2 is 1.80 bits per heavy atom. The van der Waals surface area contributed by atoms with Crippen LogP contribution in [-0.4, -0.2) is 27.1 Å². The van der Waals surface area contributed by atoms with Gasteiger partial charge in [0.25, 0.3) is 15.9 Å². The fraction of sp³-hybridized carbons (Fsp3) is 0.182. The molecule has 156 valence electrons. The van der Waals surface area contributed by atoms with E-state index in [2.05, 4.69) is 10.5 Å². The molecule has 1 aromatic heterocycles. The monoisotopic (exact) mass is 441 g/mol. The predicted molar refractivity (Wildman–Crippen MR) is 122 cm³/mol. The molecule has 2 aromatic carbocycles. The SMILES string of the molecule is Cc1ccc(S(=O)(=O)N(CC(=O)N/N=C\c2cccs2)c2cccc(C)c2C)cc1. The molecule has 0 saturated carbocycles. The minimum absolute atomic E-state index is 0.129. The van der Waals surface area contributed by atoms with Crippen molar-refractivity contribution < 1.29 is 13.2 Å². The van der Waals surface area contributed by atoms with E-state index in [1.165, 1.54) is 17.6 Å². The van der Waals surface area contributed by atoms with Crippen molar-refractivity contribution in [1.82, 2.24) is 5.43 Å². The summed E-state index contributed by atoms with van der Waals surface area (Å²) in [6.07, 6.45) is 1.53. The normalized spacial score (nSPS) is 11.6. The number of thiophene rings is 1. The number of nitrogens with one attached hydrogen (secondary N) is 1. The van der Waals surface area contributed by atoms with Gasteiger partial charge in [0.1, 0.15) is 6.54 Å². The Hall–Kier alpha value is -2.97. The fourth-order valence-corrected chi connectivity index (χ4v) is 4.90. The molecule has 0 aliphatic rings. The molecule has 0 radical (unpaired) electrons. The summed E-state index contributed by atoms with van der Waals surface area (Å²) in [7, 11) is -3.95. The molecule has 0 atom stereocenters. The van der Waals surface area contributed by atoms with Gasteiger partial charge in [-0.2, -0.15) is 5.10 Å². The number of hydrogen-bond acceptors (Lipinski definition) is 5. The summed E-state index contributed by atoms with van der Waals surface area (Å²) in [6.45, 7) is 5.25. The zero-order chi connectivity index (χ0) is 21.7. The van der Waals surface area contributed by atoms with Gasteiger partial charge in [-0.25, -0.2) is 13.8 Å². The highest BCUT2D eigenvalue weighted by atomic mass is 32.2. The highest BCUT2D eigenvalue weighted by Crippen LogP contribution is 2.28. The molecule has 8 heteroatoms. The first-order chi connectivity index (χ1) is 14.3. The van der Waals surface area contributed by atoms with E-state index in [-0.39, 0.29) is 11.4 Å². The van der Waals surface area contributed by atoms with Gasteiger partial charge in [-0.15, -0.1) is 11.3 Å². The van der Waals surface area contributed by atoms with Gasteiger partial charge >= 0.3 is 0 Å². The number of hydrazone groups is 1. The van der Waals surface area contributed by atoms with Gasteiger partial charge in [0.15, 0.2) is 0 Å². The first kappa shape index (κ1) is 21.7. The van der Waals surface area contributed by atoms with Crippen molar-refractivity contribution in [2.24, 2.45) is 5.10 Å². The molecular formula is C22H23N3O3S2. The minimum atomic E-state index is -3.95. The van der Waals surface area contributed by atoms with E-state index in [9.17, 15) is 13.2 Å². The summed E-state index contributed by atoms with van der Waals surface area (Å²) < 4.78 is 28.0. The molecule has 0 aliphatic heterocycles.